The van der Waals surface area contributed by atoms with Crippen LogP contribution in [0.3, 0.4) is 0 Å². The molecule has 0 saturated carbocycles. The highest BCUT2D eigenvalue weighted by Gasteiger charge is 2.47. The van der Waals surface area contributed by atoms with Crippen LogP contribution < -0.4 is 9.64 Å². The summed E-state index contributed by atoms with van der Waals surface area (Å²) in [6.45, 7) is 2.45. The van der Waals surface area contributed by atoms with Crippen LogP contribution in [-0.4, -0.2) is 21.8 Å². The maximum Gasteiger partial charge on any atom is 0.301 e. The van der Waals surface area contributed by atoms with E-state index in [-0.39, 0.29) is 11.3 Å². The molecule has 174 valence electrons. The number of Topliss-reactive ketones (excluding diaryl/α,β-unsaturated/α-hetero) is 1. The molecule has 1 atom stereocenters. The Hall–Kier alpha value is -4.23. The van der Waals surface area contributed by atoms with Gasteiger partial charge in [0.1, 0.15) is 18.1 Å². The number of amides is 1. The summed E-state index contributed by atoms with van der Waals surface area (Å²) in [6, 6.07) is 23.3. The number of carbonyl (C=O) groups is 2. The monoisotopic (exact) mass is 482 g/mol. The quantitative estimate of drug-likeness (QED) is 0.218. The van der Waals surface area contributed by atoms with Crippen LogP contribution in [-0.2, 0) is 16.2 Å². The Morgan fingerprint density at radius 1 is 1.03 bits per heavy atom. The first kappa shape index (κ1) is 22.6. The summed E-state index contributed by atoms with van der Waals surface area (Å²) in [6.07, 6.45) is 1.58. The van der Waals surface area contributed by atoms with E-state index in [1.54, 1.807) is 35.8 Å². The van der Waals surface area contributed by atoms with Crippen molar-refractivity contribution in [2.24, 2.45) is 0 Å². The molecule has 1 N–H and O–H groups in total. The molecular formula is C28H22N2O4S. The Morgan fingerprint density at radius 3 is 2.49 bits per heavy atom. The van der Waals surface area contributed by atoms with Crippen LogP contribution in [0.25, 0.3) is 5.76 Å². The smallest absolute Gasteiger partial charge is 0.301 e. The van der Waals surface area contributed by atoms with E-state index in [1.165, 1.54) is 16.2 Å². The minimum Gasteiger partial charge on any atom is -0.507 e. The highest BCUT2D eigenvalue weighted by molar-refractivity contribution is 7.14. The molecule has 6 nitrogen and oxygen atoms in total. The molecule has 35 heavy (non-hydrogen) atoms. The Bertz CT molecular complexity index is 1400. The number of benzene rings is 3. The lowest BCUT2D eigenvalue weighted by Crippen LogP contribution is -2.29. The molecule has 0 aliphatic carbocycles. The van der Waals surface area contributed by atoms with Gasteiger partial charge in [-0.25, -0.2) is 4.98 Å². The van der Waals surface area contributed by atoms with E-state index in [4.69, 9.17) is 4.74 Å². The van der Waals surface area contributed by atoms with Crippen molar-refractivity contribution in [3.05, 3.63) is 118 Å². The van der Waals surface area contributed by atoms with Crippen molar-refractivity contribution >= 4 is 33.9 Å². The largest absolute Gasteiger partial charge is 0.507 e. The summed E-state index contributed by atoms with van der Waals surface area (Å²) in [5.41, 5.74) is 3.38. The van der Waals surface area contributed by atoms with E-state index < -0.39 is 17.7 Å². The Kier molecular flexibility index (Phi) is 6.16. The van der Waals surface area contributed by atoms with Crippen molar-refractivity contribution in [2.75, 3.05) is 4.90 Å². The number of rotatable bonds is 6. The fraction of sp³-hybridized carbons (Fsp3) is 0.107. The number of ketones is 1. The van der Waals surface area contributed by atoms with Crippen molar-refractivity contribution in [2.45, 2.75) is 19.6 Å². The number of nitrogens with zero attached hydrogens (tertiary/aromatic N) is 2. The second kappa shape index (κ2) is 9.56. The maximum absolute atomic E-state index is 13.1. The van der Waals surface area contributed by atoms with Gasteiger partial charge in [-0.2, -0.15) is 0 Å². The number of aliphatic hydroxyl groups excluding tert-OH is 1. The average molecular weight is 483 g/mol. The number of aryl methyl sites for hydroxylation is 1. The van der Waals surface area contributed by atoms with Crippen molar-refractivity contribution < 1.29 is 19.4 Å². The Morgan fingerprint density at radius 2 is 1.80 bits per heavy atom. The molecule has 0 spiro atoms. The number of hydrogen-bond acceptors (Lipinski definition) is 6. The van der Waals surface area contributed by atoms with Crippen molar-refractivity contribution in [1.82, 2.24) is 4.98 Å². The van der Waals surface area contributed by atoms with Gasteiger partial charge in [0.15, 0.2) is 5.13 Å². The van der Waals surface area contributed by atoms with Crippen LogP contribution in [0.2, 0.25) is 0 Å². The molecule has 4 aromatic rings. The normalized spacial score (nSPS) is 17.1. The fourth-order valence-corrected chi connectivity index (χ4v) is 4.82. The first-order chi connectivity index (χ1) is 17.0. The van der Waals surface area contributed by atoms with E-state index in [0.29, 0.717) is 28.6 Å². The van der Waals surface area contributed by atoms with Gasteiger partial charge in [-0.1, -0.05) is 60.2 Å². The number of ether oxygens (including phenoxy) is 1. The van der Waals surface area contributed by atoms with E-state index in [9.17, 15) is 14.7 Å². The van der Waals surface area contributed by atoms with Crippen molar-refractivity contribution in [3.8, 4) is 5.75 Å². The van der Waals surface area contributed by atoms with Crippen LogP contribution in [0.5, 0.6) is 5.75 Å². The third-order valence-electron chi connectivity index (χ3n) is 5.80. The van der Waals surface area contributed by atoms with E-state index in [2.05, 4.69) is 11.1 Å². The molecule has 3 aromatic carbocycles. The lowest BCUT2D eigenvalue weighted by Gasteiger charge is -2.22. The molecule has 1 saturated heterocycles. The number of aromatic nitrogens is 1. The lowest BCUT2D eigenvalue weighted by molar-refractivity contribution is -0.132. The summed E-state index contributed by atoms with van der Waals surface area (Å²) in [5.74, 6) is -1.06. The Balaban J connectivity index is 1.47. The van der Waals surface area contributed by atoms with Gasteiger partial charge in [0.2, 0.25) is 0 Å². The number of hydrogen-bond donors (Lipinski definition) is 1. The van der Waals surface area contributed by atoms with E-state index in [1.807, 2.05) is 55.5 Å². The maximum atomic E-state index is 13.1. The van der Waals surface area contributed by atoms with E-state index >= 15 is 0 Å². The topological polar surface area (TPSA) is 79.7 Å². The first-order valence-electron chi connectivity index (χ1n) is 11.1. The van der Waals surface area contributed by atoms with Crippen LogP contribution in [0, 0.1) is 6.92 Å². The average Bonchev–Trinajstić information content (AvgIpc) is 3.50. The molecule has 7 heteroatoms. The lowest BCUT2D eigenvalue weighted by atomic mass is 9.95. The molecule has 1 aliphatic heterocycles. The molecule has 1 unspecified atom stereocenters. The highest BCUT2D eigenvalue weighted by atomic mass is 32.1. The molecule has 1 amide bonds. The molecule has 1 fully saturated rings. The van der Waals surface area contributed by atoms with Gasteiger partial charge in [-0.15, -0.1) is 11.3 Å². The molecule has 1 aromatic heterocycles. The molecule has 2 heterocycles. The number of aliphatic hydroxyl groups is 1. The zero-order valence-electron chi connectivity index (χ0n) is 18.9. The zero-order valence-corrected chi connectivity index (χ0v) is 19.7. The third kappa shape index (κ3) is 4.46. The van der Waals surface area contributed by atoms with Gasteiger partial charge >= 0.3 is 5.91 Å². The Labute approximate surface area is 206 Å². The fourth-order valence-electron chi connectivity index (χ4n) is 4.15. The van der Waals surface area contributed by atoms with Crippen LogP contribution in [0.4, 0.5) is 5.13 Å². The summed E-state index contributed by atoms with van der Waals surface area (Å²) in [4.78, 5) is 31.7. The third-order valence-corrected chi connectivity index (χ3v) is 6.57. The van der Waals surface area contributed by atoms with Gasteiger partial charge in [0, 0.05) is 17.1 Å². The second-order valence-electron chi connectivity index (χ2n) is 8.20. The predicted octanol–water partition coefficient (Wildman–Crippen LogP) is 5.66. The van der Waals surface area contributed by atoms with Gasteiger partial charge in [-0.3, -0.25) is 14.5 Å². The molecular weight excluding hydrogens is 460 g/mol. The summed E-state index contributed by atoms with van der Waals surface area (Å²) < 4.78 is 5.87. The number of carbonyl (C=O) groups excluding carboxylic acids is 2. The van der Waals surface area contributed by atoms with Gasteiger partial charge in [0.05, 0.1) is 11.6 Å². The molecule has 0 radical (unpaired) electrons. The minimum absolute atomic E-state index is 0.0322. The van der Waals surface area contributed by atoms with Crippen molar-refractivity contribution in [1.29, 1.82) is 0 Å². The molecule has 1 aliphatic rings. The van der Waals surface area contributed by atoms with Crippen LogP contribution >= 0.6 is 11.3 Å². The van der Waals surface area contributed by atoms with Crippen LogP contribution in [0.1, 0.15) is 28.3 Å². The standard InChI is InChI=1S/C28H22N2O4S/c1-18-6-5-7-19(16-18)17-34-22-12-10-21(11-13-22)25(31)23-24(20-8-3-2-4-9-20)30(27(33)26(23)32)28-29-14-15-35-28/h2-16,24,31H,17H2,1H3/b25-23-. The summed E-state index contributed by atoms with van der Waals surface area (Å²) >= 11 is 1.26. The molecule has 0 bridgehead atoms. The summed E-state index contributed by atoms with van der Waals surface area (Å²) in [7, 11) is 0. The SMILES string of the molecule is Cc1cccc(COc2ccc(/C(O)=C3/C(=O)C(=O)N(c4nccs4)C3c3ccccc3)cc2)c1. The number of thiazole rings is 1. The van der Waals surface area contributed by atoms with Gasteiger partial charge < -0.3 is 9.84 Å². The van der Waals surface area contributed by atoms with Gasteiger partial charge in [0.25, 0.3) is 5.78 Å². The number of anilines is 1. The first-order valence-corrected chi connectivity index (χ1v) is 11.9. The predicted molar refractivity (Wildman–Crippen MR) is 135 cm³/mol. The highest BCUT2D eigenvalue weighted by Crippen LogP contribution is 2.42. The van der Waals surface area contributed by atoms with Gasteiger partial charge in [-0.05, 0) is 42.3 Å². The summed E-state index contributed by atoms with van der Waals surface area (Å²) in [5, 5.41) is 13.4. The zero-order chi connectivity index (χ0) is 24.4. The van der Waals surface area contributed by atoms with E-state index in [0.717, 1.165) is 11.1 Å². The van der Waals surface area contributed by atoms with Crippen molar-refractivity contribution in [3.63, 3.8) is 0 Å². The van der Waals surface area contributed by atoms with Crippen LogP contribution in [0.15, 0.2) is 96.0 Å². The second-order valence-corrected chi connectivity index (χ2v) is 9.07. The molecule has 5 rings (SSSR count). The minimum atomic E-state index is -0.778.